The molecule has 0 bridgehead atoms. The first-order valence-corrected chi connectivity index (χ1v) is 9.90. The van der Waals surface area contributed by atoms with Crippen molar-refractivity contribution in [2.75, 3.05) is 12.4 Å². The molecule has 6 nitrogen and oxygen atoms in total. The van der Waals surface area contributed by atoms with Crippen LogP contribution in [0.5, 0.6) is 5.75 Å². The summed E-state index contributed by atoms with van der Waals surface area (Å²) in [4.78, 5) is 17.0. The van der Waals surface area contributed by atoms with E-state index in [0.29, 0.717) is 12.8 Å². The molecule has 0 aliphatic heterocycles. The zero-order valence-electron chi connectivity index (χ0n) is 17.3. The highest BCUT2D eigenvalue weighted by molar-refractivity contribution is 6.00. The van der Waals surface area contributed by atoms with E-state index in [1.165, 1.54) is 0 Å². The highest BCUT2D eigenvalue weighted by atomic mass is 16.5. The number of rotatable bonds is 6. The zero-order chi connectivity index (χ0) is 21.1. The third-order valence-electron chi connectivity index (χ3n) is 5.25. The van der Waals surface area contributed by atoms with E-state index in [-0.39, 0.29) is 5.91 Å². The van der Waals surface area contributed by atoms with Crippen molar-refractivity contribution in [1.29, 1.82) is 0 Å². The van der Waals surface area contributed by atoms with Gasteiger partial charge >= 0.3 is 0 Å². The monoisotopic (exact) mass is 400 g/mol. The number of ether oxygens (including phenoxy) is 1. The van der Waals surface area contributed by atoms with Crippen LogP contribution in [0.15, 0.2) is 60.8 Å². The van der Waals surface area contributed by atoms with E-state index in [2.05, 4.69) is 15.4 Å². The number of carbonyl (C=O) groups is 1. The number of fused-ring (bicyclic) bond motifs is 1. The Kier molecular flexibility index (Phi) is 5.48. The first-order chi connectivity index (χ1) is 14.6. The minimum Gasteiger partial charge on any atom is -0.497 e. The second-order valence-corrected chi connectivity index (χ2v) is 7.19. The molecule has 4 aromatic rings. The average molecular weight is 400 g/mol. The van der Waals surface area contributed by atoms with Gasteiger partial charge in [-0.25, -0.2) is 4.68 Å². The van der Waals surface area contributed by atoms with Crippen LogP contribution in [0.1, 0.15) is 23.4 Å². The molecular formula is C24H24N4O2. The second-order valence-electron chi connectivity index (χ2n) is 7.19. The smallest absolute Gasteiger partial charge is 0.224 e. The van der Waals surface area contributed by atoms with Gasteiger partial charge in [0.1, 0.15) is 5.75 Å². The van der Waals surface area contributed by atoms with Gasteiger partial charge in [-0.3, -0.25) is 9.78 Å². The van der Waals surface area contributed by atoms with Gasteiger partial charge in [0.05, 0.1) is 29.7 Å². The van der Waals surface area contributed by atoms with Gasteiger partial charge in [0, 0.05) is 29.8 Å². The molecule has 1 amide bonds. The topological polar surface area (TPSA) is 69.0 Å². The summed E-state index contributed by atoms with van der Waals surface area (Å²) in [6.45, 7) is 4.01. The Hall–Kier alpha value is -3.67. The number of nitrogens with zero attached hydrogens (tertiary/aromatic N) is 3. The van der Waals surface area contributed by atoms with Gasteiger partial charge in [0.15, 0.2) is 0 Å². The van der Waals surface area contributed by atoms with Crippen molar-refractivity contribution in [3.05, 3.63) is 77.7 Å². The molecular weight excluding hydrogens is 376 g/mol. The van der Waals surface area contributed by atoms with Crippen molar-refractivity contribution in [3.8, 4) is 11.4 Å². The third-order valence-corrected chi connectivity index (χ3v) is 5.25. The fraction of sp³-hybridized carbons (Fsp3) is 0.208. The molecule has 0 atom stereocenters. The lowest BCUT2D eigenvalue weighted by Gasteiger charge is -2.09. The molecule has 0 saturated heterocycles. The van der Waals surface area contributed by atoms with Gasteiger partial charge in [-0.1, -0.05) is 24.3 Å². The number of hydrogen-bond acceptors (Lipinski definition) is 4. The maximum Gasteiger partial charge on any atom is 0.224 e. The summed E-state index contributed by atoms with van der Waals surface area (Å²) in [5, 5.41) is 8.68. The molecule has 0 radical (unpaired) electrons. The normalized spacial score (nSPS) is 10.9. The van der Waals surface area contributed by atoms with E-state index in [9.17, 15) is 4.79 Å². The fourth-order valence-corrected chi connectivity index (χ4v) is 3.69. The summed E-state index contributed by atoms with van der Waals surface area (Å²) in [5.41, 5.74) is 5.51. The minimum absolute atomic E-state index is 0.0407. The minimum atomic E-state index is -0.0407. The van der Waals surface area contributed by atoms with E-state index in [0.717, 1.165) is 45.0 Å². The number of carbonyl (C=O) groups excluding carboxylic acids is 1. The van der Waals surface area contributed by atoms with Crippen LogP contribution in [-0.4, -0.2) is 27.8 Å². The highest BCUT2D eigenvalue weighted by Gasteiger charge is 2.15. The molecule has 2 heterocycles. The lowest BCUT2D eigenvalue weighted by molar-refractivity contribution is -0.116. The molecule has 0 unspecified atom stereocenters. The largest absolute Gasteiger partial charge is 0.497 e. The second kappa shape index (κ2) is 8.37. The van der Waals surface area contributed by atoms with Crippen molar-refractivity contribution in [2.24, 2.45) is 0 Å². The number of hydrogen-bond donors (Lipinski definition) is 1. The summed E-state index contributed by atoms with van der Waals surface area (Å²) in [7, 11) is 1.65. The SMILES string of the molecule is COc1cccc(-n2nc(C)c(CCC(=O)Nc3cccc4cccnc34)c2C)c1. The van der Waals surface area contributed by atoms with Crippen molar-refractivity contribution in [3.63, 3.8) is 0 Å². The zero-order valence-corrected chi connectivity index (χ0v) is 17.3. The van der Waals surface area contributed by atoms with Crippen molar-refractivity contribution in [2.45, 2.75) is 26.7 Å². The number of anilines is 1. The van der Waals surface area contributed by atoms with Gasteiger partial charge in [-0.05, 0) is 50.1 Å². The molecule has 30 heavy (non-hydrogen) atoms. The number of pyridine rings is 1. The van der Waals surface area contributed by atoms with Crippen LogP contribution < -0.4 is 10.1 Å². The predicted octanol–water partition coefficient (Wildman–Crippen LogP) is 4.62. The van der Waals surface area contributed by atoms with Crippen LogP contribution >= 0.6 is 0 Å². The number of nitrogens with one attached hydrogen (secondary N) is 1. The summed E-state index contributed by atoms with van der Waals surface area (Å²) in [6.07, 6.45) is 2.72. The lowest BCUT2D eigenvalue weighted by Crippen LogP contribution is -2.13. The number of amides is 1. The molecule has 2 aromatic heterocycles. The molecule has 0 saturated carbocycles. The first kappa shape index (κ1) is 19.6. The van der Waals surface area contributed by atoms with Gasteiger partial charge in [-0.15, -0.1) is 0 Å². The average Bonchev–Trinajstić information content (AvgIpc) is 3.06. The predicted molar refractivity (Wildman–Crippen MR) is 118 cm³/mol. The van der Waals surface area contributed by atoms with E-state index in [1.54, 1.807) is 13.3 Å². The third kappa shape index (κ3) is 3.89. The molecule has 4 rings (SSSR count). The van der Waals surface area contributed by atoms with Crippen LogP contribution in [0, 0.1) is 13.8 Å². The molecule has 0 fully saturated rings. The molecule has 0 spiro atoms. The summed E-state index contributed by atoms with van der Waals surface area (Å²) in [6, 6.07) is 17.4. The Morgan fingerprint density at radius 2 is 1.90 bits per heavy atom. The van der Waals surface area contributed by atoms with Gasteiger partial charge in [0.2, 0.25) is 5.91 Å². The summed E-state index contributed by atoms with van der Waals surface area (Å²) in [5.74, 6) is 0.741. The number of benzene rings is 2. The summed E-state index contributed by atoms with van der Waals surface area (Å²) < 4.78 is 7.22. The first-order valence-electron chi connectivity index (χ1n) is 9.90. The Balaban J connectivity index is 1.50. The number of aryl methyl sites for hydroxylation is 1. The van der Waals surface area contributed by atoms with Crippen LogP contribution in [0.2, 0.25) is 0 Å². The van der Waals surface area contributed by atoms with E-state index >= 15 is 0 Å². The maximum atomic E-state index is 12.6. The van der Waals surface area contributed by atoms with E-state index < -0.39 is 0 Å². The molecule has 0 aliphatic carbocycles. The standard InChI is InChI=1S/C24H24N4O2/c1-16-21(17(2)28(27-16)19-9-5-10-20(15-19)30-3)12-13-23(29)26-22-11-4-7-18-8-6-14-25-24(18)22/h4-11,14-15H,12-13H2,1-3H3,(H,26,29). The Labute approximate surface area is 175 Å². The molecule has 2 aromatic carbocycles. The van der Waals surface area contributed by atoms with Crippen LogP contribution in [0.3, 0.4) is 0 Å². The fourth-order valence-electron chi connectivity index (χ4n) is 3.69. The lowest BCUT2D eigenvalue weighted by atomic mass is 10.1. The van der Waals surface area contributed by atoms with Crippen LogP contribution in [0.25, 0.3) is 16.6 Å². The van der Waals surface area contributed by atoms with Crippen LogP contribution in [-0.2, 0) is 11.2 Å². The number of methoxy groups -OCH3 is 1. The van der Waals surface area contributed by atoms with Crippen LogP contribution in [0.4, 0.5) is 5.69 Å². The number of para-hydroxylation sites is 1. The van der Waals surface area contributed by atoms with Crippen molar-refractivity contribution >= 4 is 22.5 Å². The Bertz CT molecular complexity index is 1210. The van der Waals surface area contributed by atoms with Gasteiger partial charge < -0.3 is 10.1 Å². The van der Waals surface area contributed by atoms with Crippen molar-refractivity contribution in [1.82, 2.24) is 14.8 Å². The Morgan fingerprint density at radius 1 is 1.10 bits per heavy atom. The quantitative estimate of drug-likeness (QED) is 0.513. The molecule has 1 N–H and O–H groups in total. The Morgan fingerprint density at radius 3 is 2.73 bits per heavy atom. The molecule has 6 heteroatoms. The summed E-state index contributed by atoms with van der Waals surface area (Å²) >= 11 is 0. The van der Waals surface area contributed by atoms with Gasteiger partial charge in [0.25, 0.3) is 0 Å². The van der Waals surface area contributed by atoms with E-state index in [1.807, 2.05) is 73.1 Å². The molecule has 152 valence electrons. The number of aromatic nitrogens is 3. The van der Waals surface area contributed by atoms with E-state index in [4.69, 9.17) is 4.74 Å². The highest BCUT2D eigenvalue weighted by Crippen LogP contribution is 2.23. The van der Waals surface area contributed by atoms with Crippen molar-refractivity contribution < 1.29 is 9.53 Å². The molecule has 0 aliphatic rings. The maximum absolute atomic E-state index is 12.6. The van der Waals surface area contributed by atoms with Gasteiger partial charge in [-0.2, -0.15) is 5.10 Å².